The van der Waals surface area contributed by atoms with E-state index < -0.39 is 0 Å². The third kappa shape index (κ3) is 3.01. The van der Waals surface area contributed by atoms with Gasteiger partial charge in [0.1, 0.15) is 5.75 Å². The summed E-state index contributed by atoms with van der Waals surface area (Å²) in [5.41, 5.74) is 4.15. The maximum absolute atomic E-state index is 6.26. The molecule has 1 aliphatic carbocycles. The van der Waals surface area contributed by atoms with E-state index in [9.17, 15) is 0 Å². The van der Waals surface area contributed by atoms with E-state index >= 15 is 0 Å². The summed E-state index contributed by atoms with van der Waals surface area (Å²) in [6, 6.07) is 4.62. The van der Waals surface area contributed by atoms with Crippen LogP contribution < -0.4 is 10.1 Å². The zero-order valence-electron chi connectivity index (χ0n) is 12.9. The van der Waals surface area contributed by atoms with Crippen molar-refractivity contribution in [2.75, 3.05) is 19.7 Å². The molecule has 1 aromatic rings. The third-order valence-corrected chi connectivity index (χ3v) is 4.91. The lowest BCUT2D eigenvalue weighted by molar-refractivity contribution is 0.177. The largest absolute Gasteiger partial charge is 0.493 e. The topological polar surface area (TPSA) is 21.3 Å². The van der Waals surface area contributed by atoms with Gasteiger partial charge in [0.05, 0.1) is 6.61 Å². The third-order valence-electron chi connectivity index (χ3n) is 4.91. The molecule has 0 aromatic heterocycles. The molecule has 20 heavy (non-hydrogen) atoms. The minimum Gasteiger partial charge on any atom is -0.493 e. The number of nitrogens with one attached hydrogen (secondary N) is 1. The number of hydrogen-bond acceptors (Lipinski definition) is 2. The van der Waals surface area contributed by atoms with E-state index in [1.54, 1.807) is 0 Å². The molecule has 110 valence electrons. The molecule has 0 radical (unpaired) electrons. The Bertz CT molecular complexity index is 459. The molecule has 1 saturated heterocycles. The lowest BCUT2D eigenvalue weighted by atomic mass is 9.86. The van der Waals surface area contributed by atoms with Gasteiger partial charge in [-0.05, 0) is 75.6 Å². The normalized spacial score (nSPS) is 20.7. The zero-order valence-corrected chi connectivity index (χ0v) is 12.9. The molecule has 3 rings (SSSR count). The fourth-order valence-corrected chi connectivity index (χ4v) is 3.48. The van der Waals surface area contributed by atoms with E-state index in [-0.39, 0.29) is 0 Å². The predicted octanol–water partition coefficient (Wildman–Crippen LogP) is 3.95. The summed E-state index contributed by atoms with van der Waals surface area (Å²) in [5, 5.41) is 3.46. The average molecular weight is 273 g/mol. The molecular weight excluding hydrogens is 246 g/mol. The molecule has 1 aromatic carbocycles. The highest BCUT2D eigenvalue weighted by molar-refractivity contribution is 5.46. The van der Waals surface area contributed by atoms with Crippen LogP contribution in [0.25, 0.3) is 0 Å². The van der Waals surface area contributed by atoms with Crippen LogP contribution in [0.5, 0.6) is 5.75 Å². The lowest BCUT2D eigenvalue weighted by Gasteiger charge is -2.29. The number of ether oxygens (including phenoxy) is 1. The lowest BCUT2D eigenvalue weighted by Crippen LogP contribution is -2.27. The highest BCUT2D eigenvalue weighted by Gasteiger charge is 2.23. The van der Waals surface area contributed by atoms with E-state index in [2.05, 4.69) is 31.3 Å². The van der Waals surface area contributed by atoms with Crippen molar-refractivity contribution in [2.24, 2.45) is 5.92 Å². The van der Waals surface area contributed by atoms with Gasteiger partial charge in [-0.2, -0.15) is 0 Å². The van der Waals surface area contributed by atoms with Crippen LogP contribution in [0, 0.1) is 19.8 Å². The first-order chi connectivity index (χ1) is 9.74. The van der Waals surface area contributed by atoms with Crippen molar-refractivity contribution in [1.29, 1.82) is 0 Å². The molecule has 2 aliphatic rings. The second kappa shape index (κ2) is 6.17. The average Bonchev–Trinajstić information content (AvgIpc) is 2.40. The summed E-state index contributed by atoms with van der Waals surface area (Å²) in [6.45, 7) is 7.60. The number of rotatable bonds is 4. The molecule has 0 amide bonds. The summed E-state index contributed by atoms with van der Waals surface area (Å²) >= 11 is 0. The second-order valence-electron chi connectivity index (χ2n) is 6.63. The number of hydrogen-bond donors (Lipinski definition) is 1. The van der Waals surface area contributed by atoms with Crippen LogP contribution in [0.2, 0.25) is 0 Å². The van der Waals surface area contributed by atoms with Gasteiger partial charge in [-0.25, -0.2) is 0 Å². The summed E-state index contributed by atoms with van der Waals surface area (Å²) in [7, 11) is 0. The van der Waals surface area contributed by atoms with Gasteiger partial charge in [0.25, 0.3) is 0 Å². The molecule has 0 bridgehead atoms. The van der Waals surface area contributed by atoms with Crippen molar-refractivity contribution in [3.8, 4) is 5.75 Å². The molecule has 0 unspecified atom stereocenters. The van der Waals surface area contributed by atoms with Gasteiger partial charge in [-0.15, -0.1) is 0 Å². The van der Waals surface area contributed by atoms with Gasteiger partial charge in [0, 0.05) is 0 Å². The van der Waals surface area contributed by atoms with Crippen molar-refractivity contribution in [3.63, 3.8) is 0 Å². The first-order valence-corrected chi connectivity index (χ1v) is 8.18. The first kappa shape index (κ1) is 13.9. The first-order valence-electron chi connectivity index (χ1n) is 8.18. The summed E-state index contributed by atoms with van der Waals surface area (Å²) in [6.07, 6.45) is 6.58. The Hall–Kier alpha value is -1.02. The minimum atomic E-state index is 0.672. The highest BCUT2D eigenvalue weighted by Crippen LogP contribution is 2.37. The quantitative estimate of drug-likeness (QED) is 0.897. The Morgan fingerprint density at radius 1 is 1.10 bits per heavy atom. The van der Waals surface area contributed by atoms with Gasteiger partial charge in [-0.3, -0.25) is 0 Å². The molecule has 2 fully saturated rings. The van der Waals surface area contributed by atoms with Crippen LogP contribution in [0.4, 0.5) is 0 Å². The van der Waals surface area contributed by atoms with Crippen LogP contribution >= 0.6 is 0 Å². The summed E-state index contributed by atoms with van der Waals surface area (Å²) < 4.78 is 6.26. The predicted molar refractivity (Wildman–Crippen MR) is 83.6 cm³/mol. The van der Waals surface area contributed by atoms with Crippen LogP contribution in [0.3, 0.4) is 0 Å². The van der Waals surface area contributed by atoms with Gasteiger partial charge < -0.3 is 10.1 Å². The fourth-order valence-electron chi connectivity index (χ4n) is 3.48. The standard InChI is InChI=1S/C18H27NO/c1-13-10-14(2)18(20-12-15-4-3-5-15)17(11-13)16-6-8-19-9-7-16/h10-11,15-16,19H,3-9,12H2,1-2H3. The summed E-state index contributed by atoms with van der Waals surface area (Å²) in [4.78, 5) is 0. The molecule has 2 nitrogen and oxygen atoms in total. The number of piperidine rings is 1. The van der Waals surface area contributed by atoms with Crippen molar-refractivity contribution < 1.29 is 4.74 Å². The summed E-state index contributed by atoms with van der Waals surface area (Å²) in [5.74, 6) is 2.66. The molecule has 1 saturated carbocycles. The number of benzene rings is 1. The van der Waals surface area contributed by atoms with Gasteiger partial charge in [0.15, 0.2) is 0 Å². The van der Waals surface area contributed by atoms with E-state index in [4.69, 9.17) is 4.74 Å². The van der Waals surface area contributed by atoms with E-state index in [1.165, 1.54) is 54.5 Å². The molecule has 0 atom stereocenters. The zero-order chi connectivity index (χ0) is 13.9. The molecular formula is C18H27NO. The Balaban J connectivity index is 1.80. The van der Waals surface area contributed by atoms with Crippen molar-refractivity contribution >= 4 is 0 Å². The van der Waals surface area contributed by atoms with Crippen molar-refractivity contribution in [3.05, 3.63) is 28.8 Å². The Labute approximate surface area is 122 Å². The van der Waals surface area contributed by atoms with Gasteiger partial charge in [-0.1, -0.05) is 24.1 Å². The van der Waals surface area contributed by atoms with Crippen LogP contribution in [-0.4, -0.2) is 19.7 Å². The highest BCUT2D eigenvalue weighted by atomic mass is 16.5. The smallest absolute Gasteiger partial charge is 0.125 e. The maximum Gasteiger partial charge on any atom is 0.125 e. The SMILES string of the molecule is Cc1cc(C)c(OCC2CCC2)c(C2CCNCC2)c1. The van der Waals surface area contributed by atoms with Gasteiger partial charge >= 0.3 is 0 Å². The fraction of sp³-hybridized carbons (Fsp3) is 0.667. The number of aryl methyl sites for hydroxylation is 2. The van der Waals surface area contributed by atoms with E-state index in [0.29, 0.717) is 5.92 Å². The molecule has 1 aliphatic heterocycles. The van der Waals surface area contributed by atoms with Gasteiger partial charge in [0.2, 0.25) is 0 Å². The molecule has 1 N–H and O–H groups in total. The molecule has 2 heteroatoms. The van der Waals surface area contributed by atoms with E-state index in [0.717, 1.165) is 25.6 Å². The molecule has 1 heterocycles. The van der Waals surface area contributed by atoms with Crippen LogP contribution in [0.15, 0.2) is 12.1 Å². The Kier molecular flexibility index (Phi) is 4.30. The van der Waals surface area contributed by atoms with Crippen molar-refractivity contribution in [2.45, 2.75) is 51.9 Å². The Morgan fingerprint density at radius 2 is 1.85 bits per heavy atom. The van der Waals surface area contributed by atoms with Crippen molar-refractivity contribution in [1.82, 2.24) is 5.32 Å². The Morgan fingerprint density at radius 3 is 2.50 bits per heavy atom. The molecule has 0 spiro atoms. The monoisotopic (exact) mass is 273 g/mol. The van der Waals surface area contributed by atoms with Crippen LogP contribution in [-0.2, 0) is 0 Å². The maximum atomic E-state index is 6.26. The second-order valence-corrected chi connectivity index (χ2v) is 6.63. The minimum absolute atomic E-state index is 0.672. The van der Waals surface area contributed by atoms with E-state index in [1.807, 2.05) is 0 Å². The van der Waals surface area contributed by atoms with Crippen LogP contribution in [0.1, 0.15) is 54.7 Å².